The number of benzene rings is 1. The minimum atomic E-state index is 0.0849. The van der Waals surface area contributed by atoms with Crippen LogP contribution in [0.1, 0.15) is 10.4 Å². The largest absolute Gasteiger partial charge is 0.361 e. The van der Waals surface area contributed by atoms with Gasteiger partial charge in [-0.15, -0.1) is 0 Å². The van der Waals surface area contributed by atoms with Gasteiger partial charge in [0.1, 0.15) is 0 Å². The van der Waals surface area contributed by atoms with Crippen LogP contribution in [0.25, 0.3) is 10.9 Å². The van der Waals surface area contributed by atoms with Gasteiger partial charge in [0.05, 0.1) is 0 Å². The van der Waals surface area contributed by atoms with Gasteiger partial charge in [0, 0.05) is 61.2 Å². The number of fused-ring (bicyclic) bond motifs is 1. The summed E-state index contributed by atoms with van der Waals surface area (Å²) >= 11 is 0. The van der Waals surface area contributed by atoms with Crippen molar-refractivity contribution in [2.24, 2.45) is 0 Å². The van der Waals surface area contributed by atoms with Crippen molar-refractivity contribution in [2.45, 2.75) is 0 Å². The van der Waals surface area contributed by atoms with Crippen molar-refractivity contribution in [1.29, 1.82) is 0 Å². The maximum atomic E-state index is 12.7. The van der Waals surface area contributed by atoms with E-state index < -0.39 is 0 Å². The molecule has 6 heteroatoms. The van der Waals surface area contributed by atoms with Crippen LogP contribution in [0, 0.1) is 0 Å². The highest BCUT2D eigenvalue weighted by Gasteiger charge is 2.23. The van der Waals surface area contributed by atoms with Crippen LogP contribution >= 0.6 is 0 Å². The number of rotatable bonds is 2. The van der Waals surface area contributed by atoms with Gasteiger partial charge in [0.25, 0.3) is 5.91 Å². The molecule has 0 radical (unpaired) electrons. The molecule has 23 heavy (non-hydrogen) atoms. The molecule has 0 bridgehead atoms. The highest BCUT2D eigenvalue weighted by Crippen LogP contribution is 2.17. The van der Waals surface area contributed by atoms with Crippen molar-refractivity contribution in [3.63, 3.8) is 0 Å². The SMILES string of the molecule is O=C(c1ccc2[nH]ccc2c1)N1CCN(c2ncccn2)CC1. The third kappa shape index (κ3) is 2.63. The Balaban J connectivity index is 1.46. The second-order valence-corrected chi connectivity index (χ2v) is 5.61. The quantitative estimate of drug-likeness (QED) is 0.785. The number of hydrogen-bond acceptors (Lipinski definition) is 4. The maximum Gasteiger partial charge on any atom is 0.253 e. The summed E-state index contributed by atoms with van der Waals surface area (Å²) in [6.45, 7) is 2.87. The molecule has 4 rings (SSSR count). The molecule has 1 fully saturated rings. The summed E-state index contributed by atoms with van der Waals surface area (Å²) in [7, 11) is 0. The molecule has 1 saturated heterocycles. The number of anilines is 1. The van der Waals surface area contributed by atoms with Gasteiger partial charge < -0.3 is 14.8 Å². The van der Waals surface area contributed by atoms with Crippen molar-refractivity contribution in [1.82, 2.24) is 19.9 Å². The van der Waals surface area contributed by atoms with Crippen LogP contribution in [-0.2, 0) is 0 Å². The van der Waals surface area contributed by atoms with E-state index in [-0.39, 0.29) is 5.91 Å². The molecule has 6 nitrogen and oxygen atoms in total. The van der Waals surface area contributed by atoms with Crippen LogP contribution in [0.15, 0.2) is 48.9 Å². The lowest BCUT2D eigenvalue weighted by Gasteiger charge is -2.34. The van der Waals surface area contributed by atoms with E-state index in [0.29, 0.717) is 13.1 Å². The Morgan fingerprint density at radius 2 is 1.83 bits per heavy atom. The van der Waals surface area contributed by atoms with E-state index >= 15 is 0 Å². The maximum absolute atomic E-state index is 12.7. The summed E-state index contributed by atoms with van der Waals surface area (Å²) in [4.78, 5) is 28.4. The number of aromatic amines is 1. The molecule has 1 amide bonds. The van der Waals surface area contributed by atoms with Gasteiger partial charge in [0.15, 0.2) is 0 Å². The molecular formula is C17H17N5O. The molecule has 116 valence electrons. The van der Waals surface area contributed by atoms with Crippen molar-refractivity contribution in [3.05, 3.63) is 54.5 Å². The van der Waals surface area contributed by atoms with Crippen molar-refractivity contribution < 1.29 is 4.79 Å². The number of hydrogen-bond donors (Lipinski definition) is 1. The van der Waals surface area contributed by atoms with E-state index in [9.17, 15) is 4.79 Å². The summed E-state index contributed by atoms with van der Waals surface area (Å²) in [6, 6.07) is 9.57. The first-order valence-corrected chi connectivity index (χ1v) is 7.70. The fourth-order valence-electron chi connectivity index (χ4n) is 2.93. The average Bonchev–Trinajstić information content (AvgIpc) is 3.10. The Morgan fingerprint density at radius 1 is 1.04 bits per heavy atom. The Kier molecular flexibility index (Phi) is 3.42. The number of carbonyl (C=O) groups excluding carboxylic acids is 1. The lowest BCUT2D eigenvalue weighted by atomic mass is 10.1. The molecule has 3 aromatic rings. The number of nitrogens with zero attached hydrogens (tertiary/aromatic N) is 4. The average molecular weight is 307 g/mol. The predicted octanol–water partition coefficient (Wildman–Crippen LogP) is 1.92. The molecule has 1 aliphatic rings. The third-order valence-electron chi connectivity index (χ3n) is 4.20. The zero-order chi connectivity index (χ0) is 15.6. The zero-order valence-corrected chi connectivity index (χ0v) is 12.6. The predicted molar refractivity (Wildman–Crippen MR) is 88.4 cm³/mol. The van der Waals surface area contributed by atoms with Gasteiger partial charge in [-0.05, 0) is 30.3 Å². The molecule has 0 unspecified atom stereocenters. The number of nitrogens with one attached hydrogen (secondary N) is 1. The topological polar surface area (TPSA) is 65.1 Å². The molecule has 1 aromatic carbocycles. The number of piperazine rings is 1. The minimum Gasteiger partial charge on any atom is -0.361 e. The molecular weight excluding hydrogens is 290 g/mol. The molecule has 0 atom stereocenters. The monoisotopic (exact) mass is 307 g/mol. The Morgan fingerprint density at radius 3 is 2.61 bits per heavy atom. The first kappa shape index (κ1) is 13.8. The van der Waals surface area contributed by atoms with Gasteiger partial charge in [-0.2, -0.15) is 0 Å². The summed E-state index contributed by atoms with van der Waals surface area (Å²) in [5.74, 6) is 0.815. The lowest BCUT2D eigenvalue weighted by Crippen LogP contribution is -2.49. The van der Waals surface area contributed by atoms with E-state index in [1.54, 1.807) is 18.5 Å². The molecule has 1 aliphatic heterocycles. The van der Waals surface area contributed by atoms with Crippen LogP contribution in [-0.4, -0.2) is 51.9 Å². The summed E-state index contributed by atoms with van der Waals surface area (Å²) in [6.07, 6.45) is 5.37. The Hall–Kier alpha value is -2.89. The molecule has 2 aromatic heterocycles. The van der Waals surface area contributed by atoms with Crippen LogP contribution in [0.5, 0.6) is 0 Å². The third-order valence-corrected chi connectivity index (χ3v) is 4.20. The molecule has 0 aliphatic carbocycles. The normalized spacial score (nSPS) is 15.1. The highest BCUT2D eigenvalue weighted by atomic mass is 16.2. The van der Waals surface area contributed by atoms with Crippen molar-refractivity contribution in [3.8, 4) is 0 Å². The summed E-state index contributed by atoms with van der Waals surface area (Å²) < 4.78 is 0. The van der Waals surface area contributed by atoms with Gasteiger partial charge >= 0.3 is 0 Å². The van der Waals surface area contributed by atoms with Crippen LogP contribution in [0.3, 0.4) is 0 Å². The fourth-order valence-corrected chi connectivity index (χ4v) is 2.93. The van der Waals surface area contributed by atoms with Crippen LogP contribution in [0.2, 0.25) is 0 Å². The molecule has 3 heterocycles. The second kappa shape index (κ2) is 5.72. The Bertz CT molecular complexity index is 821. The first-order valence-electron chi connectivity index (χ1n) is 7.70. The van der Waals surface area contributed by atoms with Crippen molar-refractivity contribution in [2.75, 3.05) is 31.1 Å². The summed E-state index contributed by atoms with van der Waals surface area (Å²) in [5, 5.41) is 1.06. The fraction of sp³-hybridized carbons (Fsp3) is 0.235. The van der Waals surface area contributed by atoms with E-state index in [4.69, 9.17) is 0 Å². The van der Waals surface area contributed by atoms with Gasteiger partial charge in [-0.3, -0.25) is 4.79 Å². The number of H-pyrrole nitrogens is 1. The standard InChI is InChI=1S/C17H17N5O/c23-16(14-2-3-15-13(12-14)4-7-18-15)21-8-10-22(11-9-21)17-19-5-1-6-20-17/h1-7,12,18H,8-11H2. The first-order chi connectivity index (χ1) is 11.3. The minimum absolute atomic E-state index is 0.0849. The van der Waals surface area contributed by atoms with Crippen LogP contribution < -0.4 is 4.90 Å². The van der Waals surface area contributed by atoms with E-state index in [1.807, 2.05) is 35.4 Å². The number of amides is 1. The molecule has 1 N–H and O–H groups in total. The van der Waals surface area contributed by atoms with E-state index in [2.05, 4.69) is 19.9 Å². The van der Waals surface area contributed by atoms with Gasteiger partial charge in [-0.1, -0.05) is 0 Å². The number of aromatic nitrogens is 3. The smallest absolute Gasteiger partial charge is 0.253 e. The van der Waals surface area contributed by atoms with Gasteiger partial charge in [0.2, 0.25) is 5.95 Å². The lowest BCUT2D eigenvalue weighted by molar-refractivity contribution is 0.0746. The second-order valence-electron chi connectivity index (χ2n) is 5.61. The highest BCUT2D eigenvalue weighted by molar-refractivity contribution is 5.98. The summed E-state index contributed by atoms with van der Waals surface area (Å²) in [5.41, 5.74) is 1.79. The van der Waals surface area contributed by atoms with Gasteiger partial charge in [-0.25, -0.2) is 9.97 Å². The molecule has 0 saturated carbocycles. The van der Waals surface area contributed by atoms with Crippen LogP contribution in [0.4, 0.5) is 5.95 Å². The Labute approximate surface area is 133 Å². The van der Waals surface area contributed by atoms with E-state index in [1.165, 1.54) is 0 Å². The van der Waals surface area contributed by atoms with E-state index in [0.717, 1.165) is 35.5 Å². The number of carbonyl (C=O) groups is 1. The van der Waals surface area contributed by atoms with Crippen molar-refractivity contribution >= 4 is 22.8 Å². The molecule has 0 spiro atoms. The zero-order valence-electron chi connectivity index (χ0n) is 12.6.